The van der Waals surface area contributed by atoms with E-state index in [1.54, 1.807) is 10.9 Å². The fourth-order valence-electron chi connectivity index (χ4n) is 2.85. The Kier molecular flexibility index (Phi) is 5.06. The zero-order valence-electron chi connectivity index (χ0n) is 15.5. The zero-order chi connectivity index (χ0) is 18.7. The van der Waals surface area contributed by atoms with Crippen LogP contribution in [0.25, 0.3) is 11.0 Å². The number of para-hydroxylation sites is 1. The van der Waals surface area contributed by atoms with Crippen molar-refractivity contribution < 1.29 is 4.79 Å². The Bertz CT molecular complexity index is 905. The predicted octanol–water partition coefficient (Wildman–Crippen LogP) is 2.92. The van der Waals surface area contributed by atoms with Crippen molar-refractivity contribution in [3.8, 4) is 0 Å². The van der Waals surface area contributed by atoms with E-state index < -0.39 is 0 Å². The lowest BCUT2D eigenvalue weighted by Gasteiger charge is -2.27. The van der Waals surface area contributed by atoms with Crippen LogP contribution in [0, 0.1) is 6.92 Å². The monoisotopic (exact) mass is 352 g/mol. The predicted molar refractivity (Wildman–Crippen MR) is 105 cm³/mol. The molecule has 0 spiro atoms. The Morgan fingerprint density at radius 1 is 1.31 bits per heavy atom. The summed E-state index contributed by atoms with van der Waals surface area (Å²) in [5.74, 6) is 0. The van der Waals surface area contributed by atoms with E-state index in [1.165, 1.54) is 0 Å². The Hall–Kier alpha value is -3.09. The molecule has 0 aliphatic rings. The van der Waals surface area contributed by atoms with Crippen LogP contribution >= 0.6 is 0 Å². The first-order chi connectivity index (χ1) is 12.5. The van der Waals surface area contributed by atoms with Gasteiger partial charge in [0.15, 0.2) is 5.65 Å². The van der Waals surface area contributed by atoms with E-state index in [0.29, 0.717) is 12.2 Å². The van der Waals surface area contributed by atoms with Gasteiger partial charge in [-0.3, -0.25) is 4.68 Å². The summed E-state index contributed by atoms with van der Waals surface area (Å²) in [6.45, 7) is 4.52. The summed E-state index contributed by atoms with van der Waals surface area (Å²) in [6.07, 6.45) is 1.64. The molecule has 2 heterocycles. The summed E-state index contributed by atoms with van der Waals surface area (Å²) in [6, 6.07) is 11.9. The van der Waals surface area contributed by atoms with Crippen LogP contribution in [0.1, 0.15) is 12.6 Å². The number of hydrogen-bond donors (Lipinski definition) is 2. The minimum atomic E-state index is -0.249. The summed E-state index contributed by atoms with van der Waals surface area (Å²) < 4.78 is 1.73. The number of hydrogen-bond acceptors (Lipinski definition) is 4. The van der Waals surface area contributed by atoms with E-state index in [1.807, 2.05) is 57.4 Å². The van der Waals surface area contributed by atoms with E-state index >= 15 is 0 Å². The van der Waals surface area contributed by atoms with Crippen molar-refractivity contribution >= 4 is 28.4 Å². The SMILES string of the molecule is Cc1nn(C)c2ncc(NC(=O)NCC(C)N(C)c3ccccc3)cc12. The number of likely N-dealkylation sites (N-methyl/N-ethyl adjacent to an activating group) is 1. The minimum absolute atomic E-state index is 0.157. The smallest absolute Gasteiger partial charge is 0.319 e. The molecular formula is C19H24N6O. The highest BCUT2D eigenvalue weighted by molar-refractivity contribution is 5.92. The first-order valence-electron chi connectivity index (χ1n) is 8.58. The summed E-state index contributed by atoms with van der Waals surface area (Å²) in [5.41, 5.74) is 3.45. The highest BCUT2D eigenvalue weighted by Crippen LogP contribution is 2.19. The van der Waals surface area contributed by atoms with Crippen LogP contribution in [0.15, 0.2) is 42.6 Å². The number of carbonyl (C=O) groups excluding carboxylic acids is 1. The fraction of sp³-hybridized carbons (Fsp3) is 0.316. The van der Waals surface area contributed by atoms with Gasteiger partial charge in [-0.1, -0.05) is 18.2 Å². The molecule has 2 N–H and O–H groups in total. The van der Waals surface area contributed by atoms with Gasteiger partial charge in [0.1, 0.15) is 0 Å². The molecule has 0 fully saturated rings. The number of benzene rings is 1. The molecule has 0 aliphatic heterocycles. The molecule has 0 radical (unpaired) electrons. The second-order valence-electron chi connectivity index (χ2n) is 6.43. The third-order valence-electron chi connectivity index (χ3n) is 4.50. The highest BCUT2D eigenvalue weighted by atomic mass is 16.2. The number of anilines is 2. The van der Waals surface area contributed by atoms with Crippen LogP contribution in [-0.2, 0) is 7.05 Å². The van der Waals surface area contributed by atoms with Crippen molar-refractivity contribution in [2.45, 2.75) is 19.9 Å². The molecule has 136 valence electrons. The van der Waals surface area contributed by atoms with E-state index in [2.05, 4.69) is 32.5 Å². The lowest BCUT2D eigenvalue weighted by Crippen LogP contribution is -2.41. The van der Waals surface area contributed by atoms with Gasteiger partial charge in [-0.05, 0) is 32.0 Å². The third-order valence-corrected chi connectivity index (χ3v) is 4.50. The van der Waals surface area contributed by atoms with E-state index in [0.717, 1.165) is 22.4 Å². The number of urea groups is 1. The lowest BCUT2D eigenvalue weighted by atomic mass is 10.2. The van der Waals surface area contributed by atoms with Gasteiger partial charge < -0.3 is 15.5 Å². The minimum Gasteiger partial charge on any atom is -0.370 e. The summed E-state index contributed by atoms with van der Waals surface area (Å²) in [4.78, 5) is 18.7. The van der Waals surface area contributed by atoms with Crippen LogP contribution in [0.4, 0.5) is 16.2 Å². The molecule has 7 nitrogen and oxygen atoms in total. The summed E-state index contributed by atoms with van der Waals surface area (Å²) in [5, 5.41) is 11.0. The number of rotatable bonds is 5. The first kappa shape index (κ1) is 17.7. The van der Waals surface area contributed by atoms with Gasteiger partial charge in [0, 0.05) is 37.8 Å². The van der Waals surface area contributed by atoms with Crippen molar-refractivity contribution in [2.75, 3.05) is 23.8 Å². The highest BCUT2D eigenvalue weighted by Gasteiger charge is 2.12. The molecule has 0 saturated carbocycles. The zero-order valence-corrected chi connectivity index (χ0v) is 15.5. The molecule has 2 aromatic heterocycles. The molecule has 2 amide bonds. The van der Waals surface area contributed by atoms with Gasteiger partial charge in [0.2, 0.25) is 0 Å². The van der Waals surface area contributed by atoms with Crippen molar-refractivity contribution in [3.05, 3.63) is 48.3 Å². The maximum Gasteiger partial charge on any atom is 0.319 e. The van der Waals surface area contributed by atoms with Gasteiger partial charge in [-0.2, -0.15) is 5.10 Å². The van der Waals surface area contributed by atoms with Gasteiger partial charge in [0.25, 0.3) is 0 Å². The summed E-state index contributed by atoms with van der Waals surface area (Å²) in [7, 11) is 3.87. The number of nitrogens with zero attached hydrogens (tertiary/aromatic N) is 4. The molecule has 1 aromatic carbocycles. The molecule has 1 atom stereocenters. The number of carbonyl (C=O) groups is 1. The molecule has 3 rings (SSSR count). The van der Waals surface area contributed by atoms with Crippen molar-refractivity contribution in [1.29, 1.82) is 0 Å². The Morgan fingerprint density at radius 3 is 2.77 bits per heavy atom. The van der Waals surface area contributed by atoms with Crippen molar-refractivity contribution in [2.24, 2.45) is 7.05 Å². The van der Waals surface area contributed by atoms with E-state index in [9.17, 15) is 4.79 Å². The third kappa shape index (κ3) is 3.77. The van der Waals surface area contributed by atoms with Crippen LogP contribution in [0.5, 0.6) is 0 Å². The van der Waals surface area contributed by atoms with Crippen molar-refractivity contribution in [1.82, 2.24) is 20.1 Å². The standard InChI is InChI=1S/C19H24N6O/c1-13(24(3)16-8-6-5-7-9-16)11-21-19(26)22-15-10-17-14(2)23-25(4)18(17)20-12-15/h5-10,12-13H,11H2,1-4H3,(H2,21,22,26). The normalized spacial score (nSPS) is 12.0. The van der Waals surface area contributed by atoms with Gasteiger partial charge >= 0.3 is 6.03 Å². The van der Waals surface area contributed by atoms with Crippen LogP contribution in [-0.4, -0.2) is 40.4 Å². The topological polar surface area (TPSA) is 75.1 Å². The van der Waals surface area contributed by atoms with Crippen LogP contribution in [0.3, 0.4) is 0 Å². The Morgan fingerprint density at radius 2 is 2.04 bits per heavy atom. The molecule has 26 heavy (non-hydrogen) atoms. The molecule has 1 unspecified atom stereocenters. The largest absolute Gasteiger partial charge is 0.370 e. The van der Waals surface area contributed by atoms with Gasteiger partial charge in [0.05, 0.1) is 17.6 Å². The van der Waals surface area contributed by atoms with E-state index in [4.69, 9.17) is 0 Å². The van der Waals surface area contributed by atoms with Gasteiger partial charge in [-0.25, -0.2) is 9.78 Å². The van der Waals surface area contributed by atoms with Crippen LogP contribution < -0.4 is 15.5 Å². The Labute approximate surface area is 153 Å². The maximum atomic E-state index is 12.2. The first-order valence-corrected chi connectivity index (χ1v) is 8.58. The average molecular weight is 352 g/mol. The quantitative estimate of drug-likeness (QED) is 0.740. The number of pyridine rings is 1. The number of aromatic nitrogens is 3. The fourth-order valence-corrected chi connectivity index (χ4v) is 2.85. The molecule has 0 aliphatic carbocycles. The molecule has 0 saturated heterocycles. The second kappa shape index (κ2) is 7.43. The van der Waals surface area contributed by atoms with Crippen molar-refractivity contribution in [3.63, 3.8) is 0 Å². The Balaban J connectivity index is 1.58. The lowest BCUT2D eigenvalue weighted by molar-refractivity contribution is 0.251. The molecule has 0 bridgehead atoms. The number of aryl methyl sites for hydroxylation is 2. The molecule has 3 aromatic rings. The maximum absolute atomic E-state index is 12.2. The number of fused-ring (bicyclic) bond motifs is 1. The molecular weight excluding hydrogens is 328 g/mol. The van der Waals surface area contributed by atoms with Crippen LogP contribution in [0.2, 0.25) is 0 Å². The summed E-state index contributed by atoms with van der Waals surface area (Å²) >= 11 is 0. The van der Waals surface area contributed by atoms with Gasteiger partial charge in [-0.15, -0.1) is 0 Å². The average Bonchev–Trinajstić information content (AvgIpc) is 2.93. The second-order valence-corrected chi connectivity index (χ2v) is 6.43. The number of amides is 2. The number of nitrogens with one attached hydrogen (secondary N) is 2. The van der Waals surface area contributed by atoms with E-state index in [-0.39, 0.29) is 12.1 Å². The molecule has 7 heteroatoms.